The molecule has 4 rings (SSSR count). The number of nitrogens with zero attached hydrogens (tertiary/aromatic N) is 3. The number of carbonyl (C=O) groups excluding carboxylic acids is 1. The molecule has 1 aliphatic heterocycles. The van der Waals surface area contributed by atoms with Crippen LogP contribution in [0.5, 0.6) is 5.75 Å². The van der Waals surface area contributed by atoms with Gasteiger partial charge in [0.2, 0.25) is 5.91 Å². The van der Waals surface area contributed by atoms with Gasteiger partial charge in [-0.05, 0) is 56.0 Å². The number of likely N-dealkylation sites (tertiary alicyclic amines) is 1. The molecule has 1 aliphatic rings. The highest BCUT2D eigenvalue weighted by Crippen LogP contribution is 2.22. The van der Waals surface area contributed by atoms with Crippen molar-refractivity contribution in [3.05, 3.63) is 59.4 Å². The van der Waals surface area contributed by atoms with Crippen molar-refractivity contribution in [2.24, 2.45) is 0 Å². The number of imidazole rings is 1. The van der Waals surface area contributed by atoms with Crippen molar-refractivity contribution < 1.29 is 9.53 Å². The van der Waals surface area contributed by atoms with Crippen LogP contribution in [0.3, 0.4) is 0 Å². The fourth-order valence-electron chi connectivity index (χ4n) is 3.97. The van der Waals surface area contributed by atoms with Crippen LogP contribution in [0.15, 0.2) is 42.5 Å². The fourth-order valence-corrected chi connectivity index (χ4v) is 3.97. The molecule has 1 aromatic heterocycles. The summed E-state index contributed by atoms with van der Waals surface area (Å²) in [5.41, 5.74) is 4.14. The van der Waals surface area contributed by atoms with Crippen LogP contribution in [0.4, 0.5) is 0 Å². The first-order valence-electron chi connectivity index (χ1n) is 10.5. The van der Waals surface area contributed by atoms with Crippen molar-refractivity contribution >= 4 is 16.9 Å². The summed E-state index contributed by atoms with van der Waals surface area (Å²) in [6, 6.07) is 14.2. The molecule has 2 heterocycles. The zero-order valence-electron chi connectivity index (χ0n) is 17.4. The molecule has 2 aromatic carbocycles. The van der Waals surface area contributed by atoms with E-state index in [-0.39, 0.29) is 5.91 Å². The van der Waals surface area contributed by atoms with E-state index in [9.17, 15) is 4.79 Å². The standard InChI is InChI=1S/C24H29N3O2/c1-18-11-12-19(2)22(15-18)29-17-23-25-20-9-5-6-10-21(20)27(23)16-24(28)26-13-7-3-4-8-14-26/h5-6,9-12,15H,3-4,7-8,13-14,16-17H2,1-2H3. The summed E-state index contributed by atoms with van der Waals surface area (Å²) in [4.78, 5) is 19.8. The van der Waals surface area contributed by atoms with Crippen LogP contribution in [0.2, 0.25) is 0 Å². The van der Waals surface area contributed by atoms with E-state index in [1.54, 1.807) is 0 Å². The van der Waals surface area contributed by atoms with Gasteiger partial charge in [-0.15, -0.1) is 0 Å². The van der Waals surface area contributed by atoms with Gasteiger partial charge in [-0.1, -0.05) is 37.1 Å². The Labute approximate surface area is 172 Å². The van der Waals surface area contributed by atoms with Crippen molar-refractivity contribution in [1.82, 2.24) is 14.5 Å². The van der Waals surface area contributed by atoms with Gasteiger partial charge in [-0.3, -0.25) is 4.79 Å². The highest BCUT2D eigenvalue weighted by Gasteiger charge is 2.19. The highest BCUT2D eigenvalue weighted by atomic mass is 16.5. The quantitative estimate of drug-likeness (QED) is 0.637. The van der Waals surface area contributed by atoms with Crippen LogP contribution in [-0.2, 0) is 17.9 Å². The van der Waals surface area contributed by atoms with Crippen LogP contribution in [0.25, 0.3) is 11.0 Å². The predicted molar refractivity (Wildman–Crippen MR) is 115 cm³/mol. The number of aryl methyl sites for hydroxylation is 2. The van der Waals surface area contributed by atoms with Crippen LogP contribution >= 0.6 is 0 Å². The Morgan fingerprint density at radius 2 is 1.79 bits per heavy atom. The van der Waals surface area contributed by atoms with Crippen molar-refractivity contribution in [1.29, 1.82) is 0 Å². The monoisotopic (exact) mass is 391 g/mol. The van der Waals surface area contributed by atoms with Gasteiger partial charge in [0.15, 0.2) is 0 Å². The first-order chi connectivity index (χ1) is 14.1. The van der Waals surface area contributed by atoms with Gasteiger partial charge in [0.25, 0.3) is 0 Å². The minimum Gasteiger partial charge on any atom is -0.485 e. The maximum atomic E-state index is 13.0. The van der Waals surface area contributed by atoms with Gasteiger partial charge < -0.3 is 14.2 Å². The molecule has 1 fully saturated rings. The Balaban J connectivity index is 1.58. The summed E-state index contributed by atoms with van der Waals surface area (Å²) < 4.78 is 8.13. The Kier molecular flexibility index (Phi) is 5.84. The molecule has 0 radical (unpaired) electrons. The molecule has 0 unspecified atom stereocenters. The van der Waals surface area contributed by atoms with Crippen molar-refractivity contribution in [2.45, 2.75) is 52.7 Å². The number of carbonyl (C=O) groups is 1. The summed E-state index contributed by atoms with van der Waals surface area (Å²) in [6.45, 7) is 6.47. The number of amides is 1. The number of para-hydroxylation sites is 2. The molecule has 0 atom stereocenters. The van der Waals surface area contributed by atoms with Crippen LogP contribution in [-0.4, -0.2) is 33.4 Å². The van der Waals surface area contributed by atoms with Gasteiger partial charge in [0.05, 0.1) is 11.0 Å². The average molecular weight is 392 g/mol. The molecule has 152 valence electrons. The van der Waals surface area contributed by atoms with E-state index in [0.717, 1.165) is 59.7 Å². The Morgan fingerprint density at radius 1 is 1.03 bits per heavy atom. The van der Waals surface area contributed by atoms with E-state index < -0.39 is 0 Å². The van der Waals surface area contributed by atoms with Crippen LogP contribution < -0.4 is 4.74 Å². The Bertz CT molecular complexity index is 1000. The van der Waals surface area contributed by atoms with E-state index in [4.69, 9.17) is 9.72 Å². The number of benzene rings is 2. The minimum absolute atomic E-state index is 0.169. The number of fused-ring (bicyclic) bond motifs is 1. The first-order valence-corrected chi connectivity index (χ1v) is 10.5. The third-order valence-corrected chi connectivity index (χ3v) is 5.69. The van der Waals surface area contributed by atoms with Crippen molar-refractivity contribution in [3.63, 3.8) is 0 Å². The lowest BCUT2D eigenvalue weighted by molar-refractivity contribution is -0.131. The van der Waals surface area contributed by atoms with Crippen molar-refractivity contribution in [2.75, 3.05) is 13.1 Å². The van der Waals surface area contributed by atoms with E-state index in [0.29, 0.717) is 13.2 Å². The molecule has 0 saturated carbocycles. The zero-order chi connectivity index (χ0) is 20.2. The highest BCUT2D eigenvalue weighted by molar-refractivity contribution is 5.81. The largest absolute Gasteiger partial charge is 0.485 e. The van der Waals surface area contributed by atoms with E-state index in [2.05, 4.69) is 19.1 Å². The molecule has 5 heteroatoms. The number of ether oxygens (including phenoxy) is 1. The SMILES string of the molecule is Cc1ccc(C)c(OCc2nc3ccccc3n2CC(=O)N2CCCCCC2)c1. The molecule has 0 N–H and O–H groups in total. The molecule has 0 aliphatic carbocycles. The summed E-state index contributed by atoms with van der Waals surface area (Å²) in [5, 5.41) is 0. The van der Waals surface area contributed by atoms with Gasteiger partial charge in [-0.2, -0.15) is 0 Å². The lowest BCUT2D eigenvalue weighted by atomic mass is 10.1. The summed E-state index contributed by atoms with van der Waals surface area (Å²) in [7, 11) is 0. The predicted octanol–water partition coefficient (Wildman–Crippen LogP) is 4.63. The van der Waals surface area contributed by atoms with Crippen LogP contribution in [0, 0.1) is 13.8 Å². The smallest absolute Gasteiger partial charge is 0.242 e. The molecule has 1 saturated heterocycles. The average Bonchev–Trinajstić information content (AvgIpc) is 2.89. The van der Waals surface area contributed by atoms with Gasteiger partial charge in [-0.25, -0.2) is 4.98 Å². The molecular formula is C24H29N3O2. The fraction of sp³-hybridized carbons (Fsp3) is 0.417. The maximum Gasteiger partial charge on any atom is 0.242 e. The van der Waals surface area contributed by atoms with Crippen LogP contribution in [0.1, 0.15) is 42.6 Å². The van der Waals surface area contributed by atoms with Gasteiger partial charge in [0.1, 0.15) is 24.7 Å². The number of rotatable bonds is 5. The van der Waals surface area contributed by atoms with E-state index in [1.165, 1.54) is 12.8 Å². The maximum absolute atomic E-state index is 13.0. The second-order valence-corrected chi connectivity index (χ2v) is 7.96. The lowest BCUT2D eigenvalue weighted by Gasteiger charge is -2.21. The molecule has 1 amide bonds. The summed E-state index contributed by atoms with van der Waals surface area (Å²) in [5.74, 6) is 1.82. The first kappa shape index (κ1) is 19.5. The Hall–Kier alpha value is -2.82. The minimum atomic E-state index is 0.169. The van der Waals surface area contributed by atoms with Gasteiger partial charge in [0, 0.05) is 13.1 Å². The Morgan fingerprint density at radius 3 is 2.59 bits per heavy atom. The van der Waals surface area contributed by atoms with E-state index >= 15 is 0 Å². The molecule has 29 heavy (non-hydrogen) atoms. The second kappa shape index (κ2) is 8.68. The topological polar surface area (TPSA) is 47.4 Å². The molecule has 3 aromatic rings. The normalized spacial score (nSPS) is 14.8. The summed E-state index contributed by atoms with van der Waals surface area (Å²) >= 11 is 0. The molecular weight excluding hydrogens is 362 g/mol. The lowest BCUT2D eigenvalue weighted by Crippen LogP contribution is -2.35. The molecule has 0 spiro atoms. The number of hydrogen-bond acceptors (Lipinski definition) is 3. The molecule has 5 nitrogen and oxygen atoms in total. The second-order valence-electron chi connectivity index (χ2n) is 7.96. The molecule has 0 bridgehead atoms. The number of aromatic nitrogens is 2. The number of hydrogen-bond donors (Lipinski definition) is 0. The van der Waals surface area contributed by atoms with Gasteiger partial charge >= 0.3 is 0 Å². The summed E-state index contributed by atoms with van der Waals surface area (Å²) in [6.07, 6.45) is 4.62. The zero-order valence-corrected chi connectivity index (χ0v) is 17.4. The third-order valence-electron chi connectivity index (χ3n) is 5.69. The van der Waals surface area contributed by atoms with E-state index in [1.807, 2.05) is 46.7 Å². The third kappa shape index (κ3) is 4.44. The van der Waals surface area contributed by atoms with Crippen molar-refractivity contribution in [3.8, 4) is 5.75 Å².